The summed E-state index contributed by atoms with van der Waals surface area (Å²) in [5.74, 6) is -0.825. The molecule has 0 bridgehead atoms. The normalized spacial score (nSPS) is 20.5. The number of nitrogens with zero attached hydrogens (tertiary/aromatic N) is 2. The number of aliphatic hydroxyl groups excluding tert-OH is 1. The number of hydrogen-bond acceptors (Lipinski definition) is 6. The van der Waals surface area contributed by atoms with Gasteiger partial charge in [0, 0.05) is 31.7 Å². The lowest BCUT2D eigenvalue weighted by Crippen LogP contribution is -2.42. The number of amides is 1. The highest BCUT2D eigenvalue weighted by atomic mass is 16.5. The van der Waals surface area contributed by atoms with E-state index in [9.17, 15) is 14.7 Å². The number of benzene rings is 2. The van der Waals surface area contributed by atoms with Gasteiger partial charge in [-0.25, -0.2) is 0 Å². The van der Waals surface area contributed by atoms with Crippen molar-refractivity contribution >= 4 is 17.4 Å². The SMILES string of the molecule is C=CCOc1ccc(/C(O)=C2\C(=O)C(=O)N(CCN3CCOCC3)C2c2ccc(C)cc2)cc1. The number of carbonyl (C=O) groups excluding carboxylic acids is 2. The minimum absolute atomic E-state index is 0.107. The Morgan fingerprint density at radius 1 is 1.09 bits per heavy atom. The second kappa shape index (κ2) is 10.7. The molecule has 2 saturated heterocycles. The van der Waals surface area contributed by atoms with Crippen molar-refractivity contribution in [2.24, 2.45) is 0 Å². The highest BCUT2D eigenvalue weighted by molar-refractivity contribution is 6.46. The average molecular weight is 463 g/mol. The molecule has 2 aromatic rings. The molecule has 1 atom stereocenters. The molecule has 1 N–H and O–H groups in total. The summed E-state index contributed by atoms with van der Waals surface area (Å²) < 4.78 is 10.9. The Labute approximate surface area is 199 Å². The highest BCUT2D eigenvalue weighted by Gasteiger charge is 2.46. The number of rotatable bonds is 8. The molecule has 0 aliphatic carbocycles. The number of ketones is 1. The lowest BCUT2D eigenvalue weighted by molar-refractivity contribution is -0.140. The highest BCUT2D eigenvalue weighted by Crippen LogP contribution is 2.39. The molecular formula is C27H30N2O5. The van der Waals surface area contributed by atoms with Crippen LogP contribution in [0.4, 0.5) is 0 Å². The molecule has 1 unspecified atom stereocenters. The number of aryl methyl sites for hydroxylation is 1. The van der Waals surface area contributed by atoms with Crippen molar-refractivity contribution in [3.8, 4) is 5.75 Å². The van der Waals surface area contributed by atoms with Crippen LogP contribution in [0.2, 0.25) is 0 Å². The first-order valence-corrected chi connectivity index (χ1v) is 11.5. The maximum absolute atomic E-state index is 13.2. The fraction of sp³-hybridized carbons (Fsp3) is 0.333. The van der Waals surface area contributed by atoms with Crippen LogP contribution in [0.1, 0.15) is 22.7 Å². The van der Waals surface area contributed by atoms with E-state index in [0.29, 0.717) is 44.2 Å². The van der Waals surface area contributed by atoms with Crippen LogP contribution >= 0.6 is 0 Å². The van der Waals surface area contributed by atoms with Crippen molar-refractivity contribution in [2.75, 3.05) is 46.0 Å². The van der Waals surface area contributed by atoms with Gasteiger partial charge in [0.2, 0.25) is 0 Å². The molecular weight excluding hydrogens is 432 g/mol. The number of ether oxygens (including phenoxy) is 2. The van der Waals surface area contributed by atoms with Crippen molar-refractivity contribution in [3.05, 3.63) is 83.4 Å². The molecule has 34 heavy (non-hydrogen) atoms. The Balaban J connectivity index is 1.68. The molecule has 0 aromatic heterocycles. The van der Waals surface area contributed by atoms with Crippen LogP contribution in [0.3, 0.4) is 0 Å². The summed E-state index contributed by atoms with van der Waals surface area (Å²) in [6, 6.07) is 13.9. The van der Waals surface area contributed by atoms with Gasteiger partial charge in [-0.1, -0.05) is 42.5 Å². The van der Waals surface area contributed by atoms with Crippen LogP contribution < -0.4 is 4.74 Å². The fourth-order valence-corrected chi connectivity index (χ4v) is 4.30. The largest absolute Gasteiger partial charge is 0.507 e. The van der Waals surface area contributed by atoms with Crippen LogP contribution in [0.5, 0.6) is 5.75 Å². The third-order valence-electron chi connectivity index (χ3n) is 6.19. The lowest BCUT2D eigenvalue weighted by atomic mass is 9.94. The molecule has 0 radical (unpaired) electrons. The van der Waals surface area contributed by atoms with Crippen LogP contribution in [0.25, 0.3) is 5.76 Å². The van der Waals surface area contributed by atoms with Crippen molar-refractivity contribution in [1.29, 1.82) is 0 Å². The second-order valence-corrected chi connectivity index (χ2v) is 8.48. The molecule has 2 fully saturated rings. The number of morpholine rings is 1. The van der Waals surface area contributed by atoms with E-state index in [-0.39, 0.29) is 11.3 Å². The first kappa shape index (κ1) is 23.7. The lowest BCUT2D eigenvalue weighted by Gasteiger charge is -2.31. The second-order valence-electron chi connectivity index (χ2n) is 8.48. The van der Waals surface area contributed by atoms with Gasteiger partial charge in [0.05, 0.1) is 24.8 Å². The topological polar surface area (TPSA) is 79.3 Å². The van der Waals surface area contributed by atoms with E-state index in [4.69, 9.17) is 9.47 Å². The third-order valence-corrected chi connectivity index (χ3v) is 6.19. The molecule has 2 aliphatic heterocycles. The summed E-state index contributed by atoms with van der Waals surface area (Å²) in [6.07, 6.45) is 1.65. The molecule has 178 valence electrons. The van der Waals surface area contributed by atoms with Gasteiger partial charge in [-0.3, -0.25) is 14.5 Å². The van der Waals surface area contributed by atoms with E-state index in [1.807, 2.05) is 31.2 Å². The number of aliphatic hydroxyl groups is 1. The van der Waals surface area contributed by atoms with E-state index in [1.54, 1.807) is 35.2 Å². The van der Waals surface area contributed by atoms with Crippen LogP contribution in [-0.2, 0) is 14.3 Å². The minimum Gasteiger partial charge on any atom is -0.507 e. The Morgan fingerprint density at radius 3 is 2.41 bits per heavy atom. The summed E-state index contributed by atoms with van der Waals surface area (Å²) in [4.78, 5) is 30.1. The quantitative estimate of drug-likeness (QED) is 0.281. The van der Waals surface area contributed by atoms with Crippen LogP contribution in [-0.4, -0.2) is 72.6 Å². The predicted octanol–water partition coefficient (Wildman–Crippen LogP) is 3.31. The minimum atomic E-state index is -0.669. The molecule has 7 heteroatoms. The third kappa shape index (κ3) is 5.05. The summed E-state index contributed by atoms with van der Waals surface area (Å²) in [5, 5.41) is 11.2. The van der Waals surface area contributed by atoms with Crippen molar-refractivity contribution in [3.63, 3.8) is 0 Å². The van der Waals surface area contributed by atoms with Gasteiger partial charge in [-0.2, -0.15) is 0 Å². The molecule has 2 aromatic carbocycles. The molecule has 7 nitrogen and oxygen atoms in total. The zero-order valence-corrected chi connectivity index (χ0v) is 19.4. The Kier molecular flexibility index (Phi) is 7.45. The van der Waals surface area contributed by atoms with E-state index < -0.39 is 17.7 Å². The molecule has 1 amide bonds. The van der Waals surface area contributed by atoms with Gasteiger partial charge in [0.15, 0.2) is 0 Å². The smallest absolute Gasteiger partial charge is 0.295 e. The summed E-state index contributed by atoms with van der Waals surface area (Å²) in [5.41, 5.74) is 2.42. The summed E-state index contributed by atoms with van der Waals surface area (Å²) in [7, 11) is 0. The van der Waals surface area contributed by atoms with Crippen molar-refractivity contribution < 1.29 is 24.2 Å². The van der Waals surface area contributed by atoms with E-state index >= 15 is 0 Å². The number of Topliss-reactive ketones (excluding diaryl/α,β-unsaturated/α-hetero) is 1. The monoisotopic (exact) mass is 462 g/mol. The summed E-state index contributed by atoms with van der Waals surface area (Å²) >= 11 is 0. The van der Waals surface area contributed by atoms with Crippen LogP contribution in [0.15, 0.2) is 66.8 Å². The van der Waals surface area contributed by atoms with Gasteiger partial charge in [-0.15, -0.1) is 0 Å². The molecule has 4 rings (SSSR count). The molecule has 0 saturated carbocycles. The number of carbonyl (C=O) groups is 2. The molecule has 2 heterocycles. The maximum atomic E-state index is 13.2. The van der Waals surface area contributed by atoms with Crippen molar-refractivity contribution in [2.45, 2.75) is 13.0 Å². The maximum Gasteiger partial charge on any atom is 0.295 e. The zero-order chi connectivity index (χ0) is 24.1. The Bertz CT molecular complexity index is 1070. The van der Waals surface area contributed by atoms with E-state index in [0.717, 1.165) is 24.2 Å². The molecule has 0 spiro atoms. The Hall–Kier alpha value is -3.42. The van der Waals surface area contributed by atoms with Crippen LogP contribution in [0, 0.1) is 6.92 Å². The van der Waals surface area contributed by atoms with Gasteiger partial charge in [0.1, 0.15) is 18.1 Å². The predicted molar refractivity (Wildman–Crippen MR) is 130 cm³/mol. The zero-order valence-electron chi connectivity index (χ0n) is 19.4. The standard InChI is InChI=1S/C27H30N2O5/c1-3-16-34-22-10-8-21(9-11-22)25(30)23-24(20-6-4-19(2)5-7-20)29(27(32)26(23)31)13-12-28-14-17-33-18-15-28/h3-11,24,30H,1,12-18H2,2H3/b25-23+. The average Bonchev–Trinajstić information content (AvgIpc) is 3.12. The van der Waals surface area contributed by atoms with Gasteiger partial charge in [-0.05, 0) is 36.8 Å². The summed E-state index contributed by atoms with van der Waals surface area (Å²) in [6.45, 7) is 9.89. The van der Waals surface area contributed by atoms with E-state index in [1.165, 1.54) is 0 Å². The van der Waals surface area contributed by atoms with Gasteiger partial charge < -0.3 is 19.5 Å². The fourth-order valence-electron chi connectivity index (χ4n) is 4.30. The van der Waals surface area contributed by atoms with Gasteiger partial charge >= 0.3 is 0 Å². The first-order chi connectivity index (χ1) is 16.5. The number of likely N-dealkylation sites (tertiary alicyclic amines) is 1. The first-order valence-electron chi connectivity index (χ1n) is 11.5. The van der Waals surface area contributed by atoms with Gasteiger partial charge in [0.25, 0.3) is 11.7 Å². The Morgan fingerprint density at radius 2 is 1.76 bits per heavy atom. The van der Waals surface area contributed by atoms with Crippen molar-refractivity contribution in [1.82, 2.24) is 9.80 Å². The number of hydrogen-bond donors (Lipinski definition) is 1. The van der Waals surface area contributed by atoms with E-state index in [2.05, 4.69) is 11.5 Å². The molecule has 2 aliphatic rings.